The van der Waals surface area contributed by atoms with Crippen molar-refractivity contribution in [2.75, 3.05) is 6.54 Å². The number of hydrogen-bond acceptors (Lipinski definition) is 5. The van der Waals surface area contributed by atoms with Crippen LogP contribution in [-0.4, -0.2) is 35.9 Å². The highest BCUT2D eigenvalue weighted by Gasteiger charge is 2.45. The van der Waals surface area contributed by atoms with Crippen molar-refractivity contribution in [2.24, 2.45) is 5.84 Å². The monoisotopic (exact) mass is 317 g/mol. The number of nitrogens with one attached hydrogen (secondary N) is 1. The van der Waals surface area contributed by atoms with Gasteiger partial charge >= 0.3 is 12.1 Å². The minimum Gasteiger partial charge on any atom is -0.438 e. The van der Waals surface area contributed by atoms with E-state index in [2.05, 4.69) is 10.2 Å². The SMILES string of the molecule is NNC1CCCN(Cc2ccccc2)C1OC(=O)C(F)(F)F. The summed E-state index contributed by atoms with van der Waals surface area (Å²) in [4.78, 5) is 12.8. The average molecular weight is 317 g/mol. The number of hydrogen-bond donors (Lipinski definition) is 2. The van der Waals surface area contributed by atoms with Crippen LogP contribution < -0.4 is 11.3 Å². The topological polar surface area (TPSA) is 67.6 Å². The molecule has 1 aromatic rings. The zero-order chi connectivity index (χ0) is 16.2. The third-order valence-electron chi connectivity index (χ3n) is 3.57. The number of hydrazine groups is 1. The van der Waals surface area contributed by atoms with E-state index in [1.165, 1.54) is 0 Å². The second-order valence-corrected chi connectivity index (χ2v) is 5.17. The Labute approximate surface area is 126 Å². The van der Waals surface area contributed by atoms with Crippen LogP contribution in [0.15, 0.2) is 30.3 Å². The largest absolute Gasteiger partial charge is 0.490 e. The van der Waals surface area contributed by atoms with Gasteiger partial charge in [-0.2, -0.15) is 13.2 Å². The maximum Gasteiger partial charge on any atom is 0.490 e. The highest BCUT2D eigenvalue weighted by molar-refractivity contribution is 5.75. The number of likely N-dealkylation sites (tertiary alicyclic amines) is 1. The van der Waals surface area contributed by atoms with Crippen LogP contribution in [0.2, 0.25) is 0 Å². The quantitative estimate of drug-likeness (QED) is 0.501. The number of carbonyl (C=O) groups is 1. The van der Waals surface area contributed by atoms with E-state index in [9.17, 15) is 18.0 Å². The Morgan fingerprint density at radius 1 is 1.36 bits per heavy atom. The van der Waals surface area contributed by atoms with Gasteiger partial charge in [0.2, 0.25) is 0 Å². The lowest BCUT2D eigenvalue weighted by Crippen LogP contribution is -2.58. The second kappa shape index (κ2) is 7.08. The first-order valence-electron chi connectivity index (χ1n) is 6.93. The minimum absolute atomic E-state index is 0.384. The van der Waals surface area contributed by atoms with E-state index in [-0.39, 0.29) is 0 Å². The first kappa shape index (κ1) is 16.7. The molecule has 0 radical (unpaired) electrons. The normalized spacial score (nSPS) is 23.3. The highest BCUT2D eigenvalue weighted by Crippen LogP contribution is 2.24. The molecule has 1 fully saturated rings. The van der Waals surface area contributed by atoms with Crippen molar-refractivity contribution >= 4 is 5.97 Å². The molecule has 2 rings (SSSR count). The lowest BCUT2D eigenvalue weighted by Gasteiger charge is -2.40. The number of esters is 1. The Balaban J connectivity index is 2.12. The predicted octanol–water partition coefficient (Wildman–Crippen LogP) is 1.55. The van der Waals surface area contributed by atoms with Crippen molar-refractivity contribution in [1.82, 2.24) is 10.3 Å². The fraction of sp³-hybridized carbons (Fsp3) is 0.500. The fourth-order valence-corrected chi connectivity index (χ4v) is 2.52. The molecule has 0 saturated carbocycles. The van der Waals surface area contributed by atoms with Crippen LogP contribution in [0.5, 0.6) is 0 Å². The summed E-state index contributed by atoms with van der Waals surface area (Å²) in [6, 6.07) is 8.72. The lowest BCUT2D eigenvalue weighted by atomic mass is 10.0. The molecular formula is C14H18F3N3O2. The molecule has 1 aromatic carbocycles. The molecule has 2 atom stereocenters. The molecule has 8 heteroatoms. The van der Waals surface area contributed by atoms with Crippen molar-refractivity contribution < 1.29 is 22.7 Å². The summed E-state index contributed by atoms with van der Waals surface area (Å²) in [5.74, 6) is 3.19. The van der Waals surface area contributed by atoms with Crippen LogP contribution >= 0.6 is 0 Å². The molecule has 122 valence electrons. The molecule has 0 spiro atoms. The summed E-state index contributed by atoms with van der Waals surface area (Å²) >= 11 is 0. The van der Waals surface area contributed by atoms with Crippen molar-refractivity contribution in [3.05, 3.63) is 35.9 Å². The average Bonchev–Trinajstić information content (AvgIpc) is 2.49. The maximum atomic E-state index is 12.4. The molecule has 0 aromatic heterocycles. The third-order valence-corrected chi connectivity index (χ3v) is 3.57. The van der Waals surface area contributed by atoms with Crippen LogP contribution in [-0.2, 0) is 16.1 Å². The molecule has 22 heavy (non-hydrogen) atoms. The summed E-state index contributed by atoms with van der Waals surface area (Å²) in [6.07, 6.45) is -4.78. The number of nitrogens with zero attached hydrogens (tertiary/aromatic N) is 1. The minimum atomic E-state index is -5.02. The van der Waals surface area contributed by atoms with Gasteiger partial charge in [-0.05, 0) is 18.4 Å². The van der Waals surface area contributed by atoms with Gasteiger partial charge in [0.1, 0.15) is 0 Å². The van der Waals surface area contributed by atoms with Crippen LogP contribution in [0.1, 0.15) is 18.4 Å². The first-order chi connectivity index (χ1) is 10.4. The second-order valence-electron chi connectivity index (χ2n) is 5.17. The molecule has 5 nitrogen and oxygen atoms in total. The molecule has 1 heterocycles. The molecule has 1 aliphatic rings. The van der Waals surface area contributed by atoms with Gasteiger partial charge in [0.25, 0.3) is 0 Å². The van der Waals surface area contributed by atoms with Gasteiger partial charge in [0.05, 0.1) is 6.04 Å². The number of nitrogens with two attached hydrogens (primary N) is 1. The van der Waals surface area contributed by atoms with Gasteiger partial charge in [-0.1, -0.05) is 30.3 Å². The van der Waals surface area contributed by atoms with E-state index in [0.717, 1.165) is 12.0 Å². The van der Waals surface area contributed by atoms with Crippen LogP contribution in [0.4, 0.5) is 13.2 Å². The van der Waals surface area contributed by atoms with Crippen molar-refractivity contribution in [3.8, 4) is 0 Å². The summed E-state index contributed by atoms with van der Waals surface area (Å²) in [7, 11) is 0. The number of rotatable bonds is 4. The summed E-state index contributed by atoms with van der Waals surface area (Å²) in [5, 5.41) is 0. The predicted molar refractivity (Wildman–Crippen MR) is 73.1 cm³/mol. The molecular weight excluding hydrogens is 299 g/mol. The number of ether oxygens (including phenoxy) is 1. The molecule has 0 aliphatic carbocycles. The molecule has 2 unspecified atom stereocenters. The number of carbonyl (C=O) groups excluding carboxylic acids is 1. The van der Waals surface area contributed by atoms with Gasteiger partial charge in [-0.3, -0.25) is 16.2 Å². The number of alkyl halides is 3. The van der Waals surface area contributed by atoms with E-state index < -0.39 is 24.4 Å². The maximum absolute atomic E-state index is 12.4. The first-order valence-corrected chi connectivity index (χ1v) is 6.93. The summed E-state index contributed by atoms with van der Waals surface area (Å²) in [5.41, 5.74) is 3.36. The third kappa shape index (κ3) is 4.19. The van der Waals surface area contributed by atoms with E-state index >= 15 is 0 Å². The van der Waals surface area contributed by atoms with Crippen molar-refractivity contribution in [3.63, 3.8) is 0 Å². The van der Waals surface area contributed by atoms with Gasteiger partial charge in [0.15, 0.2) is 6.23 Å². The zero-order valence-corrected chi connectivity index (χ0v) is 11.8. The lowest BCUT2D eigenvalue weighted by molar-refractivity contribution is -0.218. The summed E-state index contributed by atoms with van der Waals surface area (Å²) in [6.45, 7) is 0.914. The van der Waals surface area contributed by atoms with E-state index in [4.69, 9.17) is 5.84 Å². The van der Waals surface area contributed by atoms with Crippen molar-refractivity contribution in [2.45, 2.75) is 37.8 Å². The Hall–Kier alpha value is -1.64. The van der Waals surface area contributed by atoms with Crippen LogP contribution in [0.3, 0.4) is 0 Å². The Morgan fingerprint density at radius 3 is 2.64 bits per heavy atom. The Morgan fingerprint density at radius 2 is 2.05 bits per heavy atom. The standard InChI is InChI=1S/C14H18F3N3O2/c15-14(16,17)13(21)22-12-11(19-18)7-4-8-20(12)9-10-5-2-1-3-6-10/h1-3,5-6,11-12,19H,4,7-9,18H2. The van der Waals surface area contributed by atoms with Gasteiger partial charge in [-0.25, -0.2) is 4.79 Å². The van der Waals surface area contributed by atoms with Gasteiger partial charge < -0.3 is 4.74 Å². The van der Waals surface area contributed by atoms with E-state index in [1.807, 2.05) is 30.3 Å². The molecule has 1 aliphatic heterocycles. The van der Waals surface area contributed by atoms with E-state index in [0.29, 0.717) is 19.5 Å². The summed E-state index contributed by atoms with van der Waals surface area (Å²) < 4.78 is 42.0. The smallest absolute Gasteiger partial charge is 0.438 e. The molecule has 3 N–H and O–H groups in total. The van der Waals surface area contributed by atoms with Gasteiger partial charge in [0, 0.05) is 13.1 Å². The fourth-order valence-electron chi connectivity index (χ4n) is 2.52. The van der Waals surface area contributed by atoms with Crippen LogP contribution in [0.25, 0.3) is 0 Å². The molecule has 1 saturated heterocycles. The van der Waals surface area contributed by atoms with Gasteiger partial charge in [-0.15, -0.1) is 0 Å². The number of benzene rings is 1. The number of piperidine rings is 1. The van der Waals surface area contributed by atoms with Crippen LogP contribution in [0, 0.1) is 0 Å². The number of halogens is 3. The molecule has 0 amide bonds. The van der Waals surface area contributed by atoms with E-state index in [1.54, 1.807) is 4.90 Å². The highest BCUT2D eigenvalue weighted by atomic mass is 19.4. The Bertz CT molecular complexity index is 496. The zero-order valence-electron chi connectivity index (χ0n) is 11.8. The van der Waals surface area contributed by atoms with Crippen molar-refractivity contribution in [1.29, 1.82) is 0 Å². The Kier molecular flexibility index (Phi) is 5.38. The molecule has 0 bridgehead atoms.